The van der Waals surface area contributed by atoms with Crippen molar-refractivity contribution in [3.8, 4) is 0 Å². The second kappa shape index (κ2) is 7.77. The molecule has 1 amide bonds. The van der Waals surface area contributed by atoms with Crippen molar-refractivity contribution in [1.29, 1.82) is 0 Å². The highest BCUT2D eigenvalue weighted by atomic mass is 16.5. The summed E-state index contributed by atoms with van der Waals surface area (Å²) in [4.78, 5) is 27.5. The predicted octanol–water partition coefficient (Wildman–Crippen LogP) is 2.42. The van der Waals surface area contributed by atoms with E-state index in [0.717, 1.165) is 49.9 Å². The number of rotatable bonds is 5. The number of aryl methyl sites for hydroxylation is 2. The topological polar surface area (TPSA) is 51.5 Å². The van der Waals surface area contributed by atoms with E-state index in [2.05, 4.69) is 0 Å². The van der Waals surface area contributed by atoms with Crippen LogP contribution in [0.1, 0.15) is 53.7 Å². The SMILES string of the molecule is COCCCC1CCCCN1C(=O)c1c(C)cc(C)n(C)c1=O. The van der Waals surface area contributed by atoms with Gasteiger partial charge in [-0.3, -0.25) is 9.59 Å². The molecule has 0 N–H and O–H groups in total. The molecule has 0 spiro atoms. The lowest BCUT2D eigenvalue weighted by molar-refractivity contribution is 0.0582. The van der Waals surface area contributed by atoms with Crippen LogP contribution in [0.4, 0.5) is 0 Å². The van der Waals surface area contributed by atoms with Crippen LogP contribution in [0.2, 0.25) is 0 Å². The normalized spacial score (nSPS) is 18.3. The zero-order chi connectivity index (χ0) is 17.0. The molecular formula is C18H28N2O3. The molecule has 1 aliphatic rings. The van der Waals surface area contributed by atoms with Crippen molar-refractivity contribution in [1.82, 2.24) is 9.47 Å². The molecular weight excluding hydrogens is 292 g/mol. The monoisotopic (exact) mass is 320 g/mol. The number of hydrogen-bond acceptors (Lipinski definition) is 3. The minimum absolute atomic E-state index is 0.106. The maximum atomic E-state index is 13.0. The van der Waals surface area contributed by atoms with E-state index in [1.54, 1.807) is 18.7 Å². The number of likely N-dealkylation sites (tertiary alicyclic amines) is 1. The van der Waals surface area contributed by atoms with E-state index in [4.69, 9.17) is 4.74 Å². The first-order valence-corrected chi connectivity index (χ1v) is 8.44. The number of carbonyl (C=O) groups excluding carboxylic acids is 1. The molecule has 0 radical (unpaired) electrons. The molecule has 1 saturated heterocycles. The molecule has 2 rings (SSSR count). The summed E-state index contributed by atoms with van der Waals surface area (Å²) >= 11 is 0. The minimum atomic E-state index is -0.186. The molecule has 0 saturated carbocycles. The Hall–Kier alpha value is -1.62. The smallest absolute Gasteiger partial charge is 0.263 e. The molecule has 0 aromatic carbocycles. The Morgan fingerprint density at radius 2 is 2.09 bits per heavy atom. The van der Waals surface area contributed by atoms with Gasteiger partial charge in [0, 0.05) is 39.0 Å². The van der Waals surface area contributed by atoms with Gasteiger partial charge >= 0.3 is 0 Å². The zero-order valence-electron chi connectivity index (χ0n) is 14.7. The van der Waals surface area contributed by atoms with Gasteiger partial charge in [-0.25, -0.2) is 0 Å². The maximum absolute atomic E-state index is 13.0. The van der Waals surface area contributed by atoms with Crippen LogP contribution in [-0.4, -0.2) is 41.7 Å². The number of methoxy groups -OCH3 is 1. The molecule has 0 aliphatic carbocycles. The molecule has 1 aliphatic heterocycles. The van der Waals surface area contributed by atoms with Crippen LogP contribution in [0.15, 0.2) is 10.9 Å². The molecule has 1 aromatic rings. The number of nitrogens with zero attached hydrogens (tertiary/aromatic N) is 2. The summed E-state index contributed by atoms with van der Waals surface area (Å²) in [5, 5.41) is 0. The second-order valence-electron chi connectivity index (χ2n) is 6.49. The van der Waals surface area contributed by atoms with Gasteiger partial charge in [0.2, 0.25) is 0 Å². The van der Waals surface area contributed by atoms with Crippen LogP contribution < -0.4 is 5.56 Å². The second-order valence-corrected chi connectivity index (χ2v) is 6.49. The summed E-state index contributed by atoms with van der Waals surface area (Å²) in [5.41, 5.74) is 1.79. The summed E-state index contributed by atoms with van der Waals surface area (Å²) in [6.45, 7) is 5.19. The number of ether oxygens (including phenoxy) is 1. The molecule has 1 aromatic heterocycles. The molecule has 1 atom stereocenters. The van der Waals surface area contributed by atoms with Gasteiger partial charge in [0.05, 0.1) is 0 Å². The van der Waals surface area contributed by atoms with Crippen LogP contribution >= 0.6 is 0 Å². The van der Waals surface area contributed by atoms with E-state index in [0.29, 0.717) is 12.2 Å². The maximum Gasteiger partial charge on any atom is 0.263 e. The van der Waals surface area contributed by atoms with Crippen molar-refractivity contribution in [3.63, 3.8) is 0 Å². The summed E-state index contributed by atoms with van der Waals surface area (Å²) in [5.74, 6) is -0.106. The summed E-state index contributed by atoms with van der Waals surface area (Å²) in [6.07, 6.45) is 5.05. The first-order valence-electron chi connectivity index (χ1n) is 8.44. The van der Waals surface area contributed by atoms with E-state index in [1.165, 1.54) is 0 Å². The van der Waals surface area contributed by atoms with Gasteiger partial charge < -0.3 is 14.2 Å². The predicted molar refractivity (Wildman–Crippen MR) is 90.9 cm³/mol. The lowest BCUT2D eigenvalue weighted by Crippen LogP contribution is -2.46. The average Bonchev–Trinajstić information content (AvgIpc) is 2.53. The third-order valence-electron chi connectivity index (χ3n) is 4.85. The Bertz CT molecular complexity index is 621. The fourth-order valence-electron chi connectivity index (χ4n) is 3.41. The van der Waals surface area contributed by atoms with E-state index in [1.807, 2.05) is 24.8 Å². The first-order chi connectivity index (χ1) is 11.0. The van der Waals surface area contributed by atoms with Gasteiger partial charge in [-0.2, -0.15) is 0 Å². The highest BCUT2D eigenvalue weighted by Gasteiger charge is 2.29. The fourth-order valence-corrected chi connectivity index (χ4v) is 3.41. The van der Waals surface area contributed by atoms with Crippen LogP contribution in [0.5, 0.6) is 0 Å². The Labute approximate surface area is 138 Å². The zero-order valence-corrected chi connectivity index (χ0v) is 14.7. The van der Waals surface area contributed by atoms with Crippen molar-refractivity contribution >= 4 is 5.91 Å². The number of hydrogen-bond donors (Lipinski definition) is 0. The summed E-state index contributed by atoms with van der Waals surface area (Å²) in [7, 11) is 3.42. The van der Waals surface area contributed by atoms with E-state index < -0.39 is 0 Å². The minimum Gasteiger partial charge on any atom is -0.385 e. The highest BCUT2D eigenvalue weighted by Crippen LogP contribution is 2.23. The van der Waals surface area contributed by atoms with Gasteiger partial charge in [-0.1, -0.05) is 0 Å². The van der Waals surface area contributed by atoms with Gasteiger partial charge in [0.15, 0.2) is 0 Å². The molecule has 1 fully saturated rings. The van der Waals surface area contributed by atoms with Crippen molar-refractivity contribution in [3.05, 3.63) is 33.2 Å². The highest BCUT2D eigenvalue weighted by molar-refractivity contribution is 5.95. The van der Waals surface area contributed by atoms with Crippen LogP contribution in [-0.2, 0) is 11.8 Å². The number of amides is 1. The lowest BCUT2D eigenvalue weighted by atomic mass is 9.96. The van der Waals surface area contributed by atoms with Crippen molar-refractivity contribution in [2.75, 3.05) is 20.3 Å². The third kappa shape index (κ3) is 3.83. The van der Waals surface area contributed by atoms with Gasteiger partial charge in [0.1, 0.15) is 5.56 Å². The van der Waals surface area contributed by atoms with E-state index in [-0.39, 0.29) is 17.5 Å². The Kier molecular flexibility index (Phi) is 5.99. The number of piperidine rings is 1. The Morgan fingerprint density at radius 1 is 1.35 bits per heavy atom. The quantitative estimate of drug-likeness (QED) is 0.783. The molecule has 128 valence electrons. The van der Waals surface area contributed by atoms with Gasteiger partial charge in [-0.05, 0) is 57.6 Å². The number of carbonyl (C=O) groups is 1. The Morgan fingerprint density at radius 3 is 2.78 bits per heavy atom. The molecule has 2 heterocycles. The van der Waals surface area contributed by atoms with E-state index in [9.17, 15) is 9.59 Å². The van der Waals surface area contributed by atoms with Crippen LogP contribution in [0, 0.1) is 13.8 Å². The first kappa shape index (κ1) is 17.7. The van der Waals surface area contributed by atoms with Crippen LogP contribution in [0.25, 0.3) is 0 Å². The molecule has 5 heteroatoms. The summed E-state index contributed by atoms with van der Waals surface area (Å²) in [6, 6.07) is 2.13. The summed E-state index contributed by atoms with van der Waals surface area (Å²) < 4.78 is 6.68. The Balaban J connectivity index is 2.27. The van der Waals surface area contributed by atoms with E-state index >= 15 is 0 Å². The standard InChI is InChI=1S/C18H28N2O3/c1-13-12-14(2)19(3)17(21)16(13)18(22)20-10-6-5-8-15(20)9-7-11-23-4/h12,15H,5-11H2,1-4H3. The van der Waals surface area contributed by atoms with Crippen molar-refractivity contribution in [2.24, 2.45) is 7.05 Å². The number of aromatic nitrogens is 1. The molecule has 5 nitrogen and oxygen atoms in total. The molecule has 23 heavy (non-hydrogen) atoms. The molecule has 1 unspecified atom stereocenters. The largest absolute Gasteiger partial charge is 0.385 e. The number of pyridine rings is 1. The fraction of sp³-hybridized carbons (Fsp3) is 0.667. The van der Waals surface area contributed by atoms with Gasteiger partial charge in [-0.15, -0.1) is 0 Å². The molecule has 0 bridgehead atoms. The van der Waals surface area contributed by atoms with Crippen LogP contribution in [0.3, 0.4) is 0 Å². The van der Waals surface area contributed by atoms with Gasteiger partial charge in [0.25, 0.3) is 11.5 Å². The van der Waals surface area contributed by atoms with Crippen molar-refractivity contribution < 1.29 is 9.53 Å². The lowest BCUT2D eigenvalue weighted by Gasteiger charge is -2.36. The average molecular weight is 320 g/mol. The third-order valence-corrected chi connectivity index (χ3v) is 4.85. The van der Waals surface area contributed by atoms with Crippen molar-refractivity contribution in [2.45, 2.75) is 52.0 Å².